The SMILES string of the molecule is Cc1ccc(CN(C)CC(=O)N2CCc3sccc3C2)o1. The molecule has 0 aromatic carbocycles. The number of carbonyl (C=O) groups is 1. The Balaban J connectivity index is 1.54. The fraction of sp³-hybridized carbons (Fsp3) is 0.438. The normalized spacial score (nSPS) is 14.5. The number of aryl methyl sites for hydroxylation is 1. The first kappa shape index (κ1) is 14.4. The van der Waals surface area contributed by atoms with E-state index in [0.29, 0.717) is 13.1 Å². The standard InChI is InChI=1S/C16H20N2O2S/c1-12-3-4-14(20-12)10-17(2)11-16(19)18-7-5-15-13(9-18)6-8-21-15/h3-4,6,8H,5,7,9-11H2,1-2H3. The molecule has 0 radical (unpaired) electrons. The predicted octanol–water partition coefficient (Wildman–Crippen LogP) is 2.67. The van der Waals surface area contributed by atoms with Gasteiger partial charge in [-0.15, -0.1) is 11.3 Å². The van der Waals surface area contributed by atoms with E-state index in [1.54, 1.807) is 11.3 Å². The zero-order valence-corrected chi connectivity index (χ0v) is 13.3. The van der Waals surface area contributed by atoms with Gasteiger partial charge in [-0.1, -0.05) is 0 Å². The average Bonchev–Trinajstić information content (AvgIpc) is 3.06. The lowest BCUT2D eigenvalue weighted by atomic mass is 10.1. The molecule has 0 aliphatic carbocycles. The van der Waals surface area contributed by atoms with Crippen LogP contribution in [0.3, 0.4) is 0 Å². The second-order valence-electron chi connectivity index (χ2n) is 5.62. The molecular weight excluding hydrogens is 284 g/mol. The van der Waals surface area contributed by atoms with Crippen LogP contribution in [0.5, 0.6) is 0 Å². The molecule has 1 aliphatic heterocycles. The van der Waals surface area contributed by atoms with E-state index in [0.717, 1.165) is 31.0 Å². The predicted molar refractivity (Wildman–Crippen MR) is 83.2 cm³/mol. The highest BCUT2D eigenvalue weighted by atomic mass is 32.1. The molecule has 5 heteroatoms. The molecule has 3 heterocycles. The van der Waals surface area contributed by atoms with E-state index in [2.05, 4.69) is 11.4 Å². The third-order valence-electron chi connectivity index (χ3n) is 3.79. The number of carbonyl (C=O) groups excluding carboxylic acids is 1. The van der Waals surface area contributed by atoms with Gasteiger partial charge in [0, 0.05) is 18.0 Å². The third-order valence-corrected chi connectivity index (χ3v) is 4.81. The molecule has 1 aliphatic rings. The summed E-state index contributed by atoms with van der Waals surface area (Å²) >= 11 is 1.80. The molecule has 0 fully saturated rings. The lowest BCUT2D eigenvalue weighted by Crippen LogP contribution is -2.41. The summed E-state index contributed by atoms with van der Waals surface area (Å²) in [7, 11) is 1.95. The van der Waals surface area contributed by atoms with E-state index in [1.807, 2.05) is 35.9 Å². The van der Waals surface area contributed by atoms with Crippen molar-refractivity contribution in [1.29, 1.82) is 0 Å². The summed E-state index contributed by atoms with van der Waals surface area (Å²) < 4.78 is 5.55. The summed E-state index contributed by atoms with van der Waals surface area (Å²) in [4.78, 5) is 17.8. The number of nitrogens with zero attached hydrogens (tertiary/aromatic N) is 2. The summed E-state index contributed by atoms with van der Waals surface area (Å²) in [5, 5.41) is 2.12. The lowest BCUT2D eigenvalue weighted by Gasteiger charge is -2.28. The van der Waals surface area contributed by atoms with Gasteiger partial charge < -0.3 is 9.32 Å². The van der Waals surface area contributed by atoms with Crippen LogP contribution < -0.4 is 0 Å². The molecule has 2 aromatic rings. The Kier molecular flexibility index (Phi) is 4.12. The molecule has 112 valence electrons. The second kappa shape index (κ2) is 6.03. The van der Waals surface area contributed by atoms with Gasteiger partial charge in [0.15, 0.2) is 0 Å². The van der Waals surface area contributed by atoms with Crippen molar-refractivity contribution in [2.24, 2.45) is 0 Å². The molecule has 1 amide bonds. The molecule has 2 aromatic heterocycles. The number of thiophene rings is 1. The number of furan rings is 1. The minimum atomic E-state index is 0.192. The van der Waals surface area contributed by atoms with E-state index in [-0.39, 0.29) is 5.91 Å². The van der Waals surface area contributed by atoms with Gasteiger partial charge >= 0.3 is 0 Å². The minimum absolute atomic E-state index is 0.192. The maximum absolute atomic E-state index is 12.4. The Morgan fingerprint density at radius 1 is 1.43 bits per heavy atom. The highest BCUT2D eigenvalue weighted by Crippen LogP contribution is 2.24. The van der Waals surface area contributed by atoms with Crippen molar-refractivity contribution in [3.63, 3.8) is 0 Å². The molecule has 0 bridgehead atoms. The fourth-order valence-corrected chi connectivity index (χ4v) is 3.57. The van der Waals surface area contributed by atoms with Crippen LogP contribution >= 0.6 is 11.3 Å². The number of hydrogen-bond donors (Lipinski definition) is 0. The van der Waals surface area contributed by atoms with E-state index in [4.69, 9.17) is 4.42 Å². The van der Waals surface area contributed by atoms with E-state index in [9.17, 15) is 4.79 Å². The van der Waals surface area contributed by atoms with Gasteiger partial charge in [0.05, 0.1) is 13.1 Å². The molecule has 0 atom stereocenters. The molecule has 0 unspecified atom stereocenters. The molecule has 21 heavy (non-hydrogen) atoms. The van der Waals surface area contributed by atoms with Gasteiger partial charge in [0.2, 0.25) is 5.91 Å². The number of hydrogen-bond acceptors (Lipinski definition) is 4. The van der Waals surface area contributed by atoms with Crippen molar-refractivity contribution in [3.8, 4) is 0 Å². The summed E-state index contributed by atoms with van der Waals surface area (Å²) in [5.41, 5.74) is 1.31. The quantitative estimate of drug-likeness (QED) is 0.871. The first-order valence-corrected chi connectivity index (χ1v) is 8.06. The first-order chi connectivity index (χ1) is 10.1. The number of rotatable bonds is 4. The van der Waals surface area contributed by atoms with Gasteiger partial charge in [-0.3, -0.25) is 9.69 Å². The summed E-state index contributed by atoms with van der Waals surface area (Å²) in [6.45, 7) is 4.61. The van der Waals surface area contributed by atoms with Crippen LogP contribution in [-0.4, -0.2) is 35.8 Å². The topological polar surface area (TPSA) is 36.7 Å². The molecule has 4 nitrogen and oxygen atoms in total. The maximum Gasteiger partial charge on any atom is 0.237 e. The van der Waals surface area contributed by atoms with Crippen molar-refractivity contribution in [3.05, 3.63) is 45.5 Å². The van der Waals surface area contributed by atoms with Crippen LogP contribution in [0.2, 0.25) is 0 Å². The van der Waals surface area contributed by atoms with Crippen LogP contribution in [-0.2, 0) is 24.3 Å². The van der Waals surface area contributed by atoms with Crippen molar-refractivity contribution >= 4 is 17.2 Å². The van der Waals surface area contributed by atoms with Gasteiger partial charge in [0.25, 0.3) is 0 Å². The fourth-order valence-electron chi connectivity index (χ4n) is 2.68. The molecule has 3 rings (SSSR count). The molecule has 0 saturated carbocycles. The van der Waals surface area contributed by atoms with Gasteiger partial charge in [0.1, 0.15) is 11.5 Å². The minimum Gasteiger partial charge on any atom is -0.465 e. The summed E-state index contributed by atoms with van der Waals surface area (Å²) in [5.74, 6) is 2.00. The Morgan fingerprint density at radius 3 is 3.05 bits per heavy atom. The Hall–Kier alpha value is -1.59. The van der Waals surface area contributed by atoms with Crippen molar-refractivity contribution in [2.45, 2.75) is 26.4 Å². The van der Waals surface area contributed by atoms with Crippen molar-refractivity contribution in [2.75, 3.05) is 20.1 Å². The van der Waals surface area contributed by atoms with Crippen LogP contribution in [0.15, 0.2) is 28.0 Å². The largest absolute Gasteiger partial charge is 0.465 e. The van der Waals surface area contributed by atoms with Gasteiger partial charge in [-0.2, -0.15) is 0 Å². The number of amides is 1. The third kappa shape index (κ3) is 3.36. The maximum atomic E-state index is 12.4. The van der Waals surface area contributed by atoms with Crippen LogP contribution in [0.1, 0.15) is 22.0 Å². The zero-order chi connectivity index (χ0) is 14.8. The molecule has 0 spiro atoms. The highest BCUT2D eigenvalue weighted by molar-refractivity contribution is 7.10. The summed E-state index contributed by atoms with van der Waals surface area (Å²) in [6.07, 6.45) is 0.986. The Morgan fingerprint density at radius 2 is 2.29 bits per heavy atom. The number of likely N-dealkylation sites (N-methyl/N-ethyl adjacent to an activating group) is 1. The smallest absolute Gasteiger partial charge is 0.237 e. The van der Waals surface area contributed by atoms with Crippen LogP contribution in [0.4, 0.5) is 0 Å². The zero-order valence-electron chi connectivity index (χ0n) is 12.5. The second-order valence-corrected chi connectivity index (χ2v) is 6.62. The Bertz CT molecular complexity index is 632. The molecular formula is C16H20N2O2S. The van der Waals surface area contributed by atoms with E-state index in [1.165, 1.54) is 10.4 Å². The monoisotopic (exact) mass is 304 g/mol. The van der Waals surface area contributed by atoms with Crippen LogP contribution in [0.25, 0.3) is 0 Å². The van der Waals surface area contributed by atoms with Gasteiger partial charge in [-0.05, 0) is 49.5 Å². The molecule has 0 saturated heterocycles. The molecule has 0 N–H and O–H groups in total. The average molecular weight is 304 g/mol. The summed E-state index contributed by atoms with van der Waals surface area (Å²) in [6, 6.07) is 6.05. The van der Waals surface area contributed by atoms with Crippen molar-refractivity contribution in [1.82, 2.24) is 9.80 Å². The van der Waals surface area contributed by atoms with E-state index >= 15 is 0 Å². The van der Waals surface area contributed by atoms with Gasteiger partial charge in [-0.25, -0.2) is 0 Å². The Labute approximate surface area is 129 Å². The van der Waals surface area contributed by atoms with E-state index < -0.39 is 0 Å². The van der Waals surface area contributed by atoms with Crippen molar-refractivity contribution < 1.29 is 9.21 Å². The first-order valence-electron chi connectivity index (χ1n) is 7.18. The lowest BCUT2D eigenvalue weighted by molar-refractivity contribution is -0.133. The highest BCUT2D eigenvalue weighted by Gasteiger charge is 2.22. The van der Waals surface area contributed by atoms with Crippen LogP contribution in [0, 0.1) is 6.92 Å². The number of fused-ring (bicyclic) bond motifs is 1.